The fourth-order valence-electron chi connectivity index (χ4n) is 5.15. The molecule has 3 heterocycles. The Balaban J connectivity index is 0.00000259. The highest BCUT2D eigenvalue weighted by atomic mass is 19.1. The van der Waals surface area contributed by atoms with Crippen molar-refractivity contribution in [2.24, 2.45) is 0 Å². The molecule has 3 N–H and O–H groups in total. The number of fused-ring (bicyclic) bond motifs is 1. The lowest BCUT2D eigenvalue weighted by Gasteiger charge is -2.23. The number of aromatic amines is 1. The highest BCUT2D eigenvalue weighted by Crippen LogP contribution is 2.42. The third-order valence-electron chi connectivity index (χ3n) is 6.63. The molecule has 0 radical (unpaired) electrons. The Morgan fingerprint density at radius 1 is 0.970 bits per heavy atom. The first kappa shape index (κ1) is 22.9. The number of halogens is 2. The van der Waals surface area contributed by atoms with Crippen molar-refractivity contribution in [2.45, 2.75) is 40.0 Å². The molecule has 0 unspecified atom stereocenters. The normalized spacial score (nSPS) is 17.1. The smallest absolute Gasteiger partial charge is 0.256 e. The van der Waals surface area contributed by atoms with E-state index < -0.39 is 11.6 Å². The molecular weight excluding hydrogens is 420 g/mol. The van der Waals surface area contributed by atoms with Crippen LogP contribution in [-0.2, 0) is 4.79 Å². The van der Waals surface area contributed by atoms with E-state index in [1.807, 2.05) is 6.08 Å². The maximum atomic E-state index is 14.6. The molecule has 1 amide bonds. The predicted octanol–water partition coefficient (Wildman–Crippen LogP) is 6.17. The minimum absolute atomic E-state index is 0. The summed E-state index contributed by atoms with van der Waals surface area (Å²) in [5.41, 5.74) is 6.12. The molecule has 2 aliphatic rings. The van der Waals surface area contributed by atoms with Crippen LogP contribution in [0, 0.1) is 25.5 Å². The van der Waals surface area contributed by atoms with Crippen LogP contribution in [0.5, 0.6) is 0 Å². The van der Waals surface area contributed by atoms with Crippen LogP contribution in [0.4, 0.5) is 14.5 Å². The number of carbonyl (C=O) groups excluding carboxylic acids is 1. The number of amides is 1. The number of piperidine rings is 1. The standard InChI is InChI=1S/C26H25F2N3O.CH4/c1-14-22(30-15(2)23(14)16-9-11-29-12-10-16)13-18-24-17(5-3-8-21(24)31-26(18)32)25-19(27)6-4-7-20(25)28;/h3-8,13,16,29-30H,9-12H2,1-2H3,(H,31,32);1H4/b18-13-;. The molecule has 33 heavy (non-hydrogen) atoms. The summed E-state index contributed by atoms with van der Waals surface area (Å²) in [7, 11) is 0. The van der Waals surface area contributed by atoms with E-state index in [2.05, 4.69) is 29.5 Å². The van der Waals surface area contributed by atoms with Gasteiger partial charge in [0.15, 0.2) is 0 Å². The van der Waals surface area contributed by atoms with E-state index in [1.165, 1.54) is 23.8 Å². The lowest BCUT2D eigenvalue weighted by Crippen LogP contribution is -2.27. The zero-order valence-corrected chi connectivity index (χ0v) is 18.1. The first-order valence-corrected chi connectivity index (χ1v) is 11.0. The van der Waals surface area contributed by atoms with Gasteiger partial charge in [0, 0.05) is 22.6 Å². The average molecular weight is 450 g/mol. The lowest BCUT2D eigenvalue weighted by atomic mass is 9.87. The summed E-state index contributed by atoms with van der Waals surface area (Å²) in [4.78, 5) is 16.4. The van der Waals surface area contributed by atoms with E-state index in [1.54, 1.807) is 18.2 Å². The fraction of sp³-hybridized carbons (Fsp3) is 0.296. The van der Waals surface area contributed by atoms with Crippen LogP contribution in [0.1, 0.15) is 54.3 Å². The minimum atomic E-state index is -0.655. The topological polar surface area (TPSA) is 56.9 Å². The van der Waals surface area contributed by atoms with Gasteiger partial charge in [-0.05, 0) is 86.7 Å². The summed E-state index contributed by atoms with van der Waals surface area (Å²) in [6.45, 7) is 6.13. The number of hydrogen-bond donors (Lipinski definition) is 3. The van der Waals surface area contributed by atoms with Crippen LogP contribution in [0.15, 0.2) is 36.4 Å². The molecule has 0 saturated carbocycles. The highest BCUT2D eigenvalue weighted by molar-refractivity contribution is 6.36. The van der Waals surface area contributed by atoms with Gasteiger partial charge in [-0.25, -0.2) is 8.78 Å². The van der Waals surface area contributed by atoms with Crippen LogP contribution in [0.2, 0.25) is 0 Å². The van der Waals surface area contributed by atoms with Gasteiger partial charge in [0.05, 0.1) is 11.1 Å². The second-order valence-corrected chi connectivity index (χ2v) is 8.56. The third kappa shape index (κ3) is 3.89. The first-order chi connectivity index (χ1) is 15.5. The molecule has 1 fully saturated rings. The van der Waals surface area contributed by atoms with Gasteiger partial charge in [-0.15, -0.1) is 0 Å². The molecule has 3 aromatic rings. The van der Waals surface area contributed by atoms with Gasteiger partial charge in [-0.1, -0.05) is 25.6 Å². The maximum Gasteiger partial charge on any atom is 0.256 e. The van der Waals surface area contributed by atoms with Crippen LogP contribution >= 0.6 is 0 Å². The van der Waals surface area contributed by atoms with Crippen molar-refractivity contribution in [1.82, 2.24) is 10.3 Å². The highest BCUT2D eigenvalue weighted by Gasteiger charge is 2.30. The van der Waals surface area contributed by atoms with E-state index >= 15 is 0 Å². The van der Waals surface area contributed by atoms with E-state index in [-0.39, 0.29) is 18.9 Å². The van der Waals surface area contributed by atoms with Gasteiger partial charge >= 0.3 is 0 Å². The number of hydrogen-bond acceptors (Lipinski definition) is 2. The maximum absolute atomic E-state index is 14.6. The van der Waals surface area contributed by atoms with Crippen molar-refractivity contribution >= 4 is 23.2 Å². The lowest BCUT2D eigenvalue weighted by molar-refractivity contribution is -0.110. The molecule has 0 atom stereocenters. The Kier molecular flexibility index (Phi) is 6.21. The number of aromatic nitrogens is 1. The molecule has 2 aliphatic heterocycles. The van der Waals surface area contributed by atoms with Crippen molar-refractivity contribution in [3.05, 3.63) is 76.1 Å². The Hall–Kier alpha value is -3.25. The summed E-state index contributed by atoms with van der Waals surface area (Å²) in [5, 5.41) is 6.25. The number of carbonyl (C=O) groups is 1. The number of aryl methyl sites for hydroxylation is 1. The van der Waals surface area contributed by atoms with Gasteiger partial charge in [-0.2, -0.15) is 0 Å². The summed E-state index contributed by atoms with van der Waals surface area (Å²) in [6, 6.07) is 8.91. The third-order valence-corrected chi connectivity index (χ3v) is 6.63. The van der Waals surface area contributed by atoms with Gasteiger partial charge in [0.1, 0.15) is 11.6 Å². The molecule has 0 aliphatic carbocycles. The van der Waals surface area contributed by atoms with Crippen LogP contribution in [0.25, 0.3) is 22.8 Å². The largest absolute Gasteiger partial charge is 0.359 e. The average Bonchev–Trinajstić information content (AvgIpc) is 3.24. The van der Waals surface area contributed by atoms with Gasteiger partial charge < -0.3 is 15.6 Å². The van der Waals surface area contributed by atoms with E-state index in [0.29, 0.717) is 28.3 Å². The molecule has 2 aromatic carbocycles. The molecule has 5 rings (SSSR count). The number of anilines is 1. The molecular formula is C27H29F2N3O. The van der Waals surface area contributed by atoms with Crippen LogP contribution in [0.3, 0.4) is 0 Å². The zero-order valence-electron chi connectivity index (χ0n) is 18.1. The van der Waals surface area contributed by atoms with Gasteiger partial charge in [0.25, 0.3) is 5.91 Å². The molecule has 172 valence electrons. The zero-order chi connectivity index (χ0) is 22.4. The van der Waals surface area contributed by atoms with Gasteiger partial charge in [-0.3, -0.25) is 4.79 Å². The number of H-pyrrole nitrogens is 1. The first-order valence-electron chi connectivity index (χ1n) is 11.0. The van der Waals surface area contributed by atoms with E-state index in [0.717, 1.165) is 42.9 Å². The molecule has 0 spiro atoms. The molecule has 4 nitrogen and oxygen atoms in total. The number of rotatable bonds is 3. The van der Waals surface area contributed by atoms with Crippen molar-refractivity contribution in [3.63, 3.8) is 0 Å². The summed E-state index contributed by atoms with van der Waals surface area (Å²) < 4.78 is 29.2. The van der Waals surface area contributed by atoms with Gasteiger partial charge in [0.2, 0.25) is 0 Å². The monoisotopic (exact) mass is 449 g/mol. The second kappa shape index (κ2) is 8.94. The predicted molar refractivity (Wildman–Crippen MR) is 130 cm³/mol. The summed E-state index contributed by atoms with van der Waals surface area (Å²) in [6.07, 6.45) is 3.97. The molecule has 6 heteroatoms. The Bertz CT molecular complexity index is 1230. The van der Waals surface area contributed by atoms with Crippen molar-refractivity contribution in [1.29, 1.82) is 0 Å². The molecule has 0 bridgehead atoms. The number of benzene rings is 2. The molecule has 1 saturated heterocycles. The van der Waals surface area contributed by atoms with Crippen molar-refractivity contribution < 1.29 is 13.6 Å². The number of nitrogens with one attached hydrogen (secondary N) is 3. The summed E-state index contributed by atoms with van der Waals surface area (Å²) in [5.74, 6) is -1.11. The Labute approximate surface area is 193 Å². The quantitative estimate of drug-likeness (QED) is 0.419. The van der Waals surface area contributed by atoms with Crippen LogP contribution < -0.4 is 10.6 Å². The van der Waals surface area contributed by atoms with Crippen molar-refractivity contribution in [2.75, 3.05) is 18.4 Å². The minimum Gasteiger partial charge on any atom is -0.359 e. The van der Waals surface area contributed by atoms with E-state index in [9.17, 15) is 13.6 Å². The fourth-order valence-corrected chi connectivity index (χ4v) is 5.15. The Morgan fingerprint density at radius 2 is 1.64 bits per heavy atom. The second-order valence-electron chi connectivity index (χ2n) is 8.56. The SMILES string of the molecule is C.Cc1[nH]c(/C=C2\C(=O)Nc3cccc(-c4c(F)cccc4F)c32)c(C)c1C1CCNCC1. The molecule has 1 aromatic heterocycles. The Morgan fingerprint density at radius 3 is 2.33 bits per heavy atom. The summed E-state index contributed by atoms with van der Waals surface area (Å²) >= 11 is 0. The van der Waals surface area contributed by atoms with Crippen molar-refractivity contribution in [3.8, 4) is 11.1 Å². The van der Waals surface area contributed by atoms with Crippen LogP contribution in [-0.4, -0.2) is 24.0 Å². The van der Waals surface area contributed by atoms with E-state index in [4.69, 9.17) is 0 Å².